The lowest BCUT2D eigenvalue weighted by molar-refractivity contribution is -0.131. The van der Waals surface area contributed by atoms with Gasteiger partial charge in [0, 0.05) is 70.7 Å². The number of rotatable bonds is 6. The molecule has 0 bridgehead atoms. The third kappa shape index (κ3) is 6.68. The van der Waals surface area contributed by atoms with Gasteiger partial charge in [0.05, 0.1) is 0 Å². The molecule has 2 heterocycles. The van der Waals surface area contributed by atoms with Crippen LogP contribution >= 0.6 is 0 Å². The van der Waals surface area contributed by atoms with E-state index in [0.29, 0.717) is 30.8 Å². The van der Waals surface area contributed by atoms with Gasteiger partial charge in [0.1, 0.15) is 0 Å². The lowest BCUT2D eigenvalue weighted by Crippen LogP contribution is -2.49. The number of hydrogen-bond donors (Lipinski definition) is 1. The molecular weight excluding hydrogens is 364 g/mol. The molecule has 2 aliphatic heterocycles. The Morgan fingerprint density at radius 3 is 2.38 bits per heavy atom. The molecule has 0 aromatic heterocycles. The van der Waals surface area contributed by atoms with Crippen LogP contribution in [0, 0.1) is 5.41 Å². The van der Waals surface area contributed by atoms with Crippen molar-refractivity contribution < 1.29 is 9.59 Å². The number of carbonyl (C=O) groups excluding carboxylic acids is 2. The molecule has 6 heteroatoms. The number of piperazine rings is 1. The molecule has 1 aliphatic carbocycles. The summed E-state index contributed by atoms with van der Waals surface area (Å²) in [6, 6.07) is 0.927. The monoisotopic (exact) mass is 408 g/mol. The molecule has 3 rings (SSSR count). The summed E-state index contributed by atoms with van der Waals surface area (Å²) in [4.78, 5) is 31.4. The van der Waals surface area contributed by atoms with Gasteiger partial charge in [-0.15, -0.1) is 0 Å². The van der Waals surface area contributed by atoms with Gasteiger partial charge >= 0.3 is 0 Å². The summed E-state index contributed by atoms with van der Waals surface area (Å²) < 4.78 is 0. The highest BCUT2D eigenvalue weighted by Gasteiger charge is 2.45. The first kappa shape index (κ1) is 24.1. The van der Waals surface area contributed by atoms with Crippen LogP contribution < -0.4 is 5.32 Å². The van der Waals surface area contributed by atoms with Gasteiger partial charge in [-0.05, 0) is 44.9 Å². The molecule has 2 amide bonds. The Balaban J connectivity index is 0.00000145. The summed E-state index contributed by atoms with van der Waals surface area (Å²) in [6.07, 6.45) is 5.55. The van der Waals surface area contributed by atoms with Gasteiger partial charge in [-0.25, -0.2) is 0 Å². The molecule has 0 aromatic rings. The second kappa shape index (κ2) is 11.3. The van der Waals surface area contributed by atoms with Crippen LogP contribution in [0.5, 0.6) is 0 Å². The Morgan fingerprint density at radius 1 is 1.07 bits per heavy atom. The first-order valence-corrected chi connectivity index (χ1v) is 11.9. The summed E-state index contributed by atoms with van der Waals surface area (Å²) >= 11 is 0. The van der Waals surface area contributed by atoms with Crippen molar-refractivity contribution in [3.05, 3.63) is 0 Å². The van der Waals surface area contributed by atoms with Gasteiger partial charge in [0.25, 0.3) is 0 Å². The van der Waals surface area contributed by atoms with Crippen molar-refractivity contribution in [3.8, 4) is 0 Å². The zero-order chi connectivity index (χ0) is 21.4. The van der Waals surface area contributed by atoms with Gasteiger partial charge < -0.3 is 15.1 Å². The molecular formula is C23H44N4O2. The molecule has 0 aromatic carbocycles. The zero-order valence-electron chi connectivity index (χ0n) is 19.5. The van der Waals surface area contributed by atoms with Crippen molar-refractivity contribution in [2.45, 2.75) is 85.2 Å². The summed E-state index contributed by atoms with van der Waals surface area (Å²) in [6.45, 7) is 17.5. The van der Waals surface area contributed by atoms with Crippen LogP contribution in [0.25, 0.3) is 0 Å². The smallest absolute Gasteiger partial charge is 0.223 e. The van der Waals surface area contributed by atoms with Crippen molar-refractivity contribution in [1.82, 2.24) is 20.0 Å². The molecule has 2 unspecified atom stereocenters. The Morgan fingerprint density at radius 2 is 1.76 bits per heavy atom. The van der Waals surface area contributed by atoms with Gasteiger partial charge in [-0.2, -0.15) is 0 Å². The summed E-state index contributed by atoms with van der Waals surface area (Å²) in [5.41, 5.74) is 0.254. The maximum atomic E-state index is 12.7. The molecule has 2 atom stereocenters. The molecule has 1 spiro atoms. The molecule has 2 saturated heterocycles. The Kier molecular flexibility index (Phi) is 9.41. The minimum atomic E-state index is 0.153. The molecule has 0 radical (unpaired) electrons. The average molecular weight is 409 g/mol. The number of likely N-dealkylation sites (tertiary alicyclic amines) is 1. The second-order valence-corrected chi connectivity index (χ2v) is 9.15. The number of nitrogens with one attached hydrogen (secondary N) is 1. The highest BCUT2D eigenvalue weighted by molar-refractivity contribution is 5.77. The van der Waals surface area contributed by atoms with Crippen molar-refractivity contribution in [1.29, 1.82) is 0 Å². The third-order valence-corrected chi connectivity index (χ3v) is 6.96. The minimum absolute atomic E-state index is 0.153. The third-order valence-electron chi connectivity index (χ3n) is 6.96. The van der Waals surface area contributed by atoms with Gasteiger partial charge in [0.15, 0.2) is 0 Å². The predicted octanol–water partition coefficient (Wildman–Crippen LogP) is 2.73. The number of nitrogens with zero attached hydrogens (tertiary/aromatic N) is 3. The number of carbonyl (C=O) groups is 2. The van der Waals surface area contributed by atoms with Crippen molar-refractivity contribution in [2.24, 2.45) is 5.41 Å². The van der Waals surface area contributed by atoms with Gasteiger partial charge in [-0.1, -0.05) is 20.8 Å². The predicted molar refractivity (Wildman–Crippen MR) is 119 cm³/mol. The fourth-order valence-electron chi connectivity index (χ4n) is 5.09. The summed E-state index contributed by atoms with van der Waals surface area (Å²) in [5.74, 6) is 0.472. The van der Waals surface area contributed by atoms with Crippen LogP contribution in [0.2, 0.25) is 0 Å². The molecule has 1 saturated carbocycles. The molecule has 3 aliphatic rings. The van der Waals surface area contributed by atoms with E-state index < -0.39 is 0 Å². The van der Waals surface area contributed by atoms with E-state index in [1.807, 2.05) is 20.8 Å². The second-order valence-electron chi connectivity index (χ2n) is 9.15. The van der Waals surface area contributed by atoms with Crippen LogP contribution in [0.4, 0.5) is 0 Å². The Bertz CT molecular complexity index is 531. The van der Waals surface area contributed by atoms with Gasteiger partial charge in [-0.3, -0.25) is 14.5 Å². The maximum absolute atomic E-state index is 12.7. The highest BCUT2D eigenvalue weighted by atomic mass is 16.2. The van der Waals surface area contributed by atoms with E-state index in [-0.39, 0.29) is 11.3 Å². The fraction of sp³-hybridized carbons (Fsp3) is 0.913. The van der Waals surface area contributed by atoms with Crippen molar-refractivity contribution in [3.63, 3.8) is 0 Å². The Labute approximate surface area is 178 Å². The lowest BCUT2D eigenvalue weighted by atomic mass is 9.85. The van der Waals surface area contributed by atoms with E-state index in [9.17, 15) is 9.59 Å². The highest BCUT2D eigenvalue weighted by Crippen LogP contribution is 2.45. The SMILES string of the molecule is CC.CCC(=O)NC1CCC2(CCN(C(=O)CCN3CCN(C(C)C)CC3)C2)C1. The van der Waals surface area contributed by atoms with Gasteiger partial charge in [0.2, 0.25) is 11.8 Å². The van der Waals surface area contributed by atoms with Crippen LogP contribution in [0.15, 0.2) is 0 Å². The average Bonchev–Trinajstić information content (AvgIpc) is 3.34. The summed E-state index contributed by atoms with van der Waals surface area (Å²) in [7, 11) is 0. The quantitative estimate of drug-likeness (QED) is 0.734. The largest absolute Gasteiger partial charge is 0.353 e. The first-order valence-electron chi connectivity index (χ1n) is 11.9. The minimum Gasteiger partial charge on any atom is -0.353 e. The molecule has 29 heavy (non-hydrogen) atoms. The maximum Gasteiger partial charge on any atom is 0.223 e. The van der Waals surface area contributed by atoms with E-state index in [2.05, 4.69) is 33.9 Å². The van der Waals surface area contributed by atoms with Crippen LogP contribution in [-0.2, 0) is 9.59 Å². The zero-order valence-corrected chi connectivity index (χ0v) is 19.5. The van der Waals surface area contributed by atoms with Crippen LogP contribution in [-0.4, -0.2) is 84.4 Å². The number of hydrogen-bond acceptors (Lipinski definition) is 4. The van der Waals surface area contributed by atoms with E-state index in [1.54, 1.807) is 0 Å². The molecule has 6 nitrogen and oxygen atoms in total. The molecule has 168 valence electrons. The lowest BCUT2D eigenvalue weighted by Gasteiger charge is -2.37. The van der Waals surface area contributed by atoms with E-state index in [0.717, 1.165) is 71.5 Å². The first-order chi connectivity index (χ1) is 13.9. The Hall–Kier alpha value is -1.14. The normalized spacial score (nSPS) is 27.9. The number of amides is 2. The summed E-state index contributed by atoms with van der Waals surface area (Å²) in [5, 5.41) is 3.15. The van der Waals surface area contributed by atoms with Crippen LogP contribution in [0.1, 0.15) is 73.1 Å². The van der Waals surface area contributed by atoms with Crippen LogP contribution in [0.3, 0.4) is 0 Å². The van der Waals surface area contributed by atoms with E-state index >= 15 is 0 Å². The topological polar surface area (TPSA) is 55.9 Å². The fourth-order valence-corrected chi connectivity index (χ4v) is 5.09. The van der Waals surface area contributed by atoms with Crippen molar-refractivity contribution >= 4 is 11.8 Å². The van der Waals surface area contributed by atoms with E-state index in [4.69, 9.17) is 0 Å². The molecule has 1 N–H and O–H groups in total. The van der Waals surface area contributed by atoms with Crippen molar-refractivity contribution in [2.75, 3.05) is 45.8 Å². The standard InChI is InChI=1S/C21H38N4O2.C2H6/c1-4-19(26)22-18-5-7-21(15-18)8-10-25(16-21)20(27)6-9-23-11-13-24(14-12-23)17(2)3;1-2/h17-18H,4-16H2,1-3H3,(H,22,26);1-2H3. The molecule has 3 fully saturated rings. The van der Waals surface area contributed by atoms with E-state index in [1.165, 1.54) is 0 Å².